The first-order valence-electron chi connectivity index (χ1n) is 22.2. The van der Waals surface area contributed by atoms with E-state index in [4.69, 9.17) is 0 Å². The van der Waals surface area contributed by atoms with Crippen LogP contribution in [0.5, 0.6) is 0 Å². The van der Waals surface area contributed by atoms with Crippen LogP contribution in [0.4, 0.5) is 28.4 Å². The number of rotatable bonds is 10. The zero-order chi connectivity index (χ0) is 42.7. The number of benzene rings is 10. The van der Waals surface area contributed by atoms with E-state index in [1.54, 1.807) is 0 Å². The summed E-state index contributed by atoms with van der Waals surface area (Å²) in [6.45, 7) is 0. The van der Waals surface area contributed by atoms with Crippen molar-refractivity contribution in [2.24, 2.45) is 0 Å². The van der Waals surface area contributed by atoms with Crippen LogP contribution in [0.15, 0.2) is 267 Å². The molecular formula is C62H46N2. The molecule has 10 aromatic carbocycles. The number of hydrogen-bond donors (Lipinski definition) is 0. The fourth-order valence-corrected chi connectivity index (χ4v) is 9.30. The van der Waals surface area contributed by atoms with Gasteiger partial charge in [-0.1, -0.05) is 206 Å². The normalized spacial score (nSPS) is 13.4. The largest absolute Gasteiger partial charge is 0.310 e. The summed E-state index contributed by atoms with van der Waals surface area (Å²) in [4.78, 5) is 4.80. The van der Waals surface area contributed by atoms with Gasteiger partial charge in [-0.2, -0.15) is 0 Å². The topological polar surface area (TPSA) is 6.48 Å². The summed E-state index contributed by atoms with van der Waals surface area (Å²) >= 11 is 0. The molecule has 2 heteroatoms. The SMILES string of the molecule is C1=CC(c2cccc(-c3ccc(N(c4ccc(-c5ccccc5)cc4)c4cccc5ccccc45)cc3)c2)CC=C1N(c1ccc(-c2ccccc2)cc1)c1cccc2ccccc12. The van der Waals surface area contributed by atoms with Crippen molar-refractivity contribution in [1.29, 1.82) is 0 Å². The molecule has 0 aromatic heterocycles. The first-order valence-corrected chi connectivity index (χ1v) is 22.2. The van der Waals surface area contributed by atoms with Crippen LogP contribution in [-0.4, -0.2) is 0 Å². The van der Waals surface area contributed by atoms with Crippen molar-refractivity contribution in [3.63, 3.8) is 0 Å². The molecule has 0 N–H and O–H groups in total. The highest BCUT2D eigenvalue weighted by Crippen LogP contribution is 2.42. The Morgan fingerprint density at radius 1 is 0.328 bits per heavy atom. The van der Waals surface area contributed by atoms with Crippen molar-refractivity contribution in [2.45, 2.75) is 12.3 Å². The summed E-state index contributed by atoms with van der Waals surface area (Å²) in [6, 6.07) is 87.8. The summed E-state index contributed by atoms with van der Waals surface area (Å²) in [5, 5.41) is 4.89. The standard InChI is InChI=1S/C62H46N2/c1-3-14-45(15-4-1)47-28-36-55(37-29-47)63(61-26-12-20-51-18-7-9-24-59(51)61)57-40-32-49(33-41-57)53-22-11-23-54(44-53)50-34-42-58(43-35-50)64(62-27-13-21-52-19-8-10-25-60(52)62)56-38-30-48(31-39-56)46-16-5-2-6-17-46/h1-34,36-44,50H,35H2. The van der Waals surface area contributed by atoms with Crippen LogP contribution in [0.2, 0.25) is 0 Å². The van der Waals surface area contributed by atoms with Crippen molar-refractivity contribution in [1.82, 2.24) is 0 Å². The second-order valence-electron chi connectivity index (χ2n) is 16.5. The monoisotopic (exact) mass is 818 g/mol. The zero-order valence-electron chi connectivity index (χ0n) is 35.5. The van der Waals surface area contributed by atoms with E-state index in [9.17, 15) is 0 Å². The van der Waals surface area contributed by atoms with Crippen LogP contribution in [0.25, 0.3) is 54.9 Å². The molecule has 0 bridgehead atoms. The second kappa shape index (κ2) is 17.3. The Morgan fingerprint density at radius 2 is 0.734 bits per heavy atom. The molecule has 0 saturated carbocycles. The Kier molecular flexibility index (Phi) is 10.5. The highest BCUT2D eigenvalue weighted by atomic mass is 15.2. The van der Waals surface area contributed by atoms with Crippen molar-refractivity contribution >= 4 is 50.0 Å². The minimum Gasteiger partial charge on any atom is -0.310 e. The summed E-state index contributed by atoms with van der Waals surface area (Å²) in [7, 11) is 0. The third-order valence-electron chi connectivity index (χ3n) is 12.6. The van der Waals surface area contributed by atoms with Crippen LogP contribution < -0.4 is 9.80 Å². The Hall–Kier alpha value is -8.20. The van der Waals surface area contributed by atoms with Gasteiger partial charge < -0.3 is 9.80 Å². The van der Waals surface area contributed by atoms with Crippen molar-refractivity contribution in [3.8, 4) is 33.4 Å². The molecule has 304 valence electrons. The van der Waals surface area contributed by atoms with Crippen LogP contribution in [-0.2, 0) is 0 Å². The molecule has 0 heterocycles. The van der Waals surface area contributed by atoms with E-state index in [0.717, 1.165) is 29.2 Å². The summed E-state index contributed by atoms with van der Waals surface area (Å²) < 4.78 is 0. The van der Waals surface area contributed by atoms with Gasteiger partial charge in [0.25, 0.3) is 0 Å². The molecule has 0 amide bonds. The Balaban J connectivity index is 0.884. The van der Waals surface area contributed by atoms with Crippen molar-refractivity contribution < 1.29 is 0 Å². The minimum atomic E-state index is 0.263. The average molecular weight is 819 g/mol. The van der Waals surface area contributed by atoms with Crippen LogP contribution in [0, 0.1) is 0 Å². The minimum absolute atomic E-state index is 0.263. The molecule has 10 aromatic rings. The smallest absolute Gasteiger partial charge is 0.0540 e. The Morgan fingerprint density at radius 3 is 1.25 bits per heavy atom. The van der Waals surface area contributed by atoms with Crippen LogP contribution in [0.3, 0.4) is 0 Å². The van der Waals surface area contributed by atoms with E-state index in [1.165, 1.54) is 71.9 Å². The fraction of sp³-hybridized carbons (Fsp3) is 0.0323. The van der Waals surface area contributed by atoms with Gasteiger partial charge in [-0.3, -0.25) is 0 Å². The van der Waals surface area contributed by atoms with Crippen LogP contribution >= 0.6 is 0 Å². The Labute approximate surface area is 376 Å². The molecule has 0 radical (unpaired) electrons. The maximum atomic E-state index is 2.42. The van der Waals surface area contributed by atoms with Gasteiger partial charge in [-0.25, -0.2) is 0 Å². The van der Waals surface area contributed by atoms with E-state index in [0.29, 0.717) is 0 Å². The van der Waals surface area contributed by atoms with E-state index in [1.807, 2.05) is 0 Å². The van der Waals surface area contributed by atoms with Gasteiger partial charge in [0.05, 0.1) is 11.4 Å². The molecule has 0 saturated heterocycles. The van der Waals surface area contributed by atoms with Gasteiger partial charge >= 0.3 is 0 Å². The predicted octanol–water partition coefficient (Wildman–Crippen LogP) is 17.2. The van der Waals surface area contributed by atoms with E-state index < -0.39 is 0 Å². The number of fused-ring (bicyclic) bond motifs is 2. The molecule has 0 aliphatic heterocycles. The molecule has 0 spiro atoms. The molecule has 64 heavy (non-hydrogen) atoms. The average Bonchev–Trinajstić information content (AvgIpc) is 3.38. The third kappa shape index (κ3) is 7.67. The predicted molar refractivity (Wildman–Crippen MR) is 272 cm³/mol. The second-order valence-corrected chi connectivity index (χ2v) is 16.5. The number of anilines is 5. The lowest BCUT2D eigenvalue weighted by Gasteiger charge is -2.30. The van der Waals surface area contributed by atoms with E-state index in [2.05, 4.69) is 271 Å². The Bertz CT molecular complexity index is 3260. The fourth-order valence-electron chi connectivity index (χ4n) is 9.30. The molecule has 0 fully saturated rings. The zero-order valence-corrected chi connectivity index (χ0v) is 35.5. The third-order valence-corrected chi connectivity index (χ3v) is 12.6. The summed E-state index contributed by atoms with van der Waals surface area (Å²) in [5.41, 5.74) is 15.4. The number of nitrogens with zero attached hydrogens (tertiary/aromatic N) is 2. The molecule has 2 nitrogen and oxygen atoms in total. The maximum absolute atomic E-state index is 2.42. The molecule has 1 unspecified atom stereocenters. The lowest BCUT2D eigenvalue weighted by atomic mass is 9.89. The molecule has 1 aliphatic carbocycles. The lowest BCUT2D eigenvalue weighted by Crippen LogP contribution is -2.17. The van der Waals surface area contributed by atoms with Crippen molar-refractivity contribution in [2.75, 3.05) is 9.80 Å². The molecular weight excluding hydrogens is 773 g/mol. The molecule has 1 atom stereocenters. The van der Waals surface area contributed by atoms with E-state index in [-0.39, 0.29) is 5.92 Å². The highest BCUT2D eigenvalue weighted by Gasteiger charge is 2.21. The van der Waals surface area contributed by atoms with E-state index >= 15 is 0 Å². The maximum Gasteiger partial charge on any atom is 0.0540 e. The quantitative estimate of drug-likeness (QED) is 0.136. The lowest BCUT2D eigenvalue weighted by molar-refractivity contribution is 0.840. The van der Waals surface area contributed by atoms with Gasteiger partial charge in [-0.15, -0.1) is 0 Å². The summed E-state index contributed by atoms with van der Waals surface area (Å²) in [6.07, 6.45) is 8.02. The van der Waals surface area contributed by atoms with Crippen molar-refractivity contribution in [3.05, 3.63) is 272 Å². The highest BCUT2D eigenvalue weighted by molar-refractivity contribution is 6.00. The van der Waals surface area contributed by atoms with Gasteiger partial charge in [0.15, 0.2) is 0 Å². The summed E-state index contributed by atoms with van der Waals surface area (Å²) in [5.74, 6) is 0.263. The van der Waals surface area contributed by atoms with Gasteiger partial charge in [0.1, 0.15) is 0 Å². The van der Waals surface area contributed by atoms with Gasteiger partial charge in [-0.05, 0) is 111 Å². The number of allylic oxidation sites excluding steroid dienone is 3. The van der Waals surface area contributed by atoms with Crippen LogP contribution in [0.1, 0.15) is 17.9 Å². The molecule has 1 aliphatic rings. The first kappa shape index (κ1) is 38.7. The first-order chi connectivity index (χ1) is 31.7. The molecule has 11 rings (SSSR count). The van der Waals surface area contributed by atoms with Gasteiger partial charge in [0.2, 0.25) is 0 Å². The number of hydrogen-bond acceptors (Lipinski definition) is 2. The van der Waals surface area contributed by atoms with Gasteiger partial charge in [0, 0.05) is 39.4 Å².